The Labute approximate surface area is 159 Å². The Bertz CT molecular complexity index is 891. The molecular weight excluding hydrogens is 364 g/mol. The van der Waals surface area contributed by atoms with Crippen LogP contribution in [0.15, 0.2) is 59.5 Å². The molecule has 3 N–H and O–H groups in total. The Morgan fingerprint density at radius 1 is 1.04 bits per heavy atom. The number of rotatable bonds is 6. The van der Waals surface area contributed by atoms with Crippen LogP contribution in [0.1, 0.15) is 24.0 Å². The summed E-state index contributed by atoms with van der Waals surface area (Å²) in [7, 11) is -3.85. The van der Waals surface area contributed by atoms with Crippen LogP contribution in [-0.4, -0.2) is 32.3 Å². The van der Waals surface area contributed by atoms with Gasteiger partial charge < -0.3 is 15.8 Å². The van der Waals surface area contributed by atoms with Gasteiger partial charge in [0, 0.05) is 26.3 Å². The monoisotopic (exact) mass is 388 g/mol. The summed E-state index contributed by atoms with van der Waals surface area (Å²) in [6, 6.07) is 15.7. The zero-order chi connectivity index (χ0) is 19.3. The molecule has 0 radical (unpaired) electrons. The summed E-state index contributed by atoms with van der Waals surface area (Å²) in [5.74, 6) is -0.479. The third-order valence-electron chi connectivity index (χ3n) is 4.96. The quantitative estimate of drug-likeness (QED) is 0.786. The van der Waals surface area contributed by atoms with E-state index in [2.05, 4.69) is 5.32 Å². The number of hydrogen-bond acceptors (Lipinski definition) is 5. The molecule has 0 unspecified atom stereocenters. The van der Waals surface area contributed by atoms with Crippen LogP contribution in [0.25, 0.3) is 0 Å². The lowest BCUT2D eigenvalue weighted by atomic mass is 9.97. The summed E-state index contributed by atoms with van der Waals surface area (Å²) in [4.78, 5) is 13.3. The van der Waals surface area contributed by atoms with E-state index in [4.69, 9.17) is 10.5 Å². The molecular formula is C20H24N2O4S. The minimum absolute atomic E-state index is 0.138. The predicted octanol–water partition coefficient (Wildman–Crippen LogP) is 1.78. The number of amides is 1. The van der Waals surface area contributed by atoms with Gasteiger partial charge in [0.05, 0.1) is 4.90 Å². The molecule has 6 nitrogen and oxygen atoms in total. The number of benzene rings is 2. The van der Waals surface area contributed by atoms with E-state index in [0.29, 0.717) is 6.54 Å². The molecule has 0 aromatic heterocycles. The third-order valence-corrected chi connectivity index (χ3v) is 7.48. The highest BCUT2D eigenvalue weighted by Crippen LogP contribution is 2.35. The highest BCUT2D eigenvalue weighted by atomic mass is 32.2. The first kappa shape index (κ1) is 19.5. The summed E-state index contributed by atoms with van der Waals surface area (Å²) in [6.07, 6.45) is 0.276. The van der Waals surface area contributed by atoms with Crippen molar-refractivity contribution in [1.82, 2.24) is 5.32 Å². The first-order valence-corrected chi connectivity index (χ1v) is 10.4. The van der Waals surface area contributed by atoms with E-state index in [9.17, 15) is 13.2 Å². The molecule has 0 saturated carbocycles. The molecule has 0 bridgehead atoms. The van der Waals surface area contributed by atoms with Crippen LogP contribution >= 0.6 is 0 Å². The fourth-order valence-corrected chi connectivity index (χ4v) is 5.34. The summed E-state index contributed by atoms with van der Waals surface area (Å²) in [5, 5.41) is 2.82. The second-order valence-electron chi connectivity index (χ2n) is 6.63. The van der Waals surface area contributed by atoms with E-state index in [1.54, 1.807) is 18.2 Å². The van der Waals surface area contributed by atoms with Gasteiger partial charge in [0.25, 0.3) is 0 Å². The molecule has 2 aromatic rings. The number of sulfone groups is 1. The van der Waals surface area contributed by atoms with Gasteiger partial charge in [-0.1, -0.05) is 42.5 Å². The Hall–Kier alpha value is -2.22. The Kier molecular flexibility index (Phi) is 5.94. The molecule has 27 heavy (non-hydrogen) atoms. The first-order chi connectivity index (χ1) is 13.0. The molecule has 1 saturated heterocycles. The van der Waals surface area contributed by atoms with Gasteiger partial charge in [0.2, 0.25) is 5.91 Å². The maximum atomic E-state index is 13.3. The van der Waals surface area contributed by atoms with Crippen LogP contribution in [0, 0.1) is 0 Å². The average molecular weight is 388 g/mol. The SMILES string of the molecule is NCc1cccc(CNC(=O)C2(S(=O)(=O)c3ccccc3)CCOCC2)c1. The number of carbonyl (C=O) groups is 1. The number of carbonyl (C=O) groups excluding carboxylic acids is 1. The fraction of sp³-hybridized carbons (Fsp3) is 0.350. The molecule has 1 heterocycles. The van der Waals surface area contributed by atoms with E-state index in [-0.39, 0.29) is 37.5 Å². The van der Waals surface area contributed by atoms with Crippen LogP contribution < -0.4 is 11.1 Å². The molecule has 0 atom stereocenters. The first-order valence-electron chi connectivity index (χ1n) is 8.93. The summed E-state index contributed by atoms with van der Waals surface area (Å²) < 4.78 is 30.5. The van der Waals surface area contributed by atoms with Gasteiger partial charge in [0.1, 0.15) is 0 Å². The van der Waals surface area contributed by atoms with Gasteiger partial charge in [-0.25, -0.2) is 8.42 Å². The standard InChI is InChI=1S/C20H24N2O4S/c21-14-16-5-4-6-17(13-16)15-22-19(23)20(9-11-26-12-10-20)27(24,25)18-7-2-1-3-8-18/h1-8,13H,9-12,14-15,21H2,(H,22,23). The van der Waals surface area contributed by atoms with Crippen molar-refractivity contribution in [2.45, 2.75) is 35.6 Å². The molecule has 2 aromatic carbocycles. The van der Waals surface area contributed by atoms with Gasteiger partial charge >= 0.3 is 0 Å². The minimum atomic E-state index is -3.85. The average Bonchev–Trinajstić information content (AvgIpc) is 2.73. The van der Waals surface area contributed by atoms with Crippen LogP contribution in [-0.2, 0) is 32.5 Å². The number of hydrogen-bond donors (Lipinski definition) is 2. The van der Waals surface area contributed by atoms with E-state index >= 15 is 0 Å². The molecule has 3 rings (SSSR count). The van der Waals surface area contributed by atoms with Crippen molar-refractivity contribution in [2.75, 3.05) is 13.2 Å². The van der Waals surface area contributed by atoms with E-state index in [1.807, 2.05) is 24.3 Å². The van der Waals surface area contributed by atoms with Gasteiger partial charge in [0.15, 0.2) is 14.6 Å². The van der Waals surface area contributed by atoms with Crippen molar-refractivity contribution >= 4 is 15.7 Å². The zero-order valence-electron chi connectivity index (χ0n) is 15.1. The summed E-state index contributed by atoms with van der Waals surface area (Å²) >= 11 is 0. The topological polar surface area (TPSA) is 98.5 Å². The molecule has 144 valence electrons. The van der Waals surface area contributed by atoms with Gasteiger partial charge in [-0.2, -0.15) is 0 Å². The van der Waals surface area contributed by atoms with Crippen molar-refractivity contribution in [3.63, 3.8) is 0 Å². The largest absolute Gasteiger partial charge is 0.381 e. The number of ether oxygens (including phenoxy) is 1. The highest BCUT2D eigenvalue weighted by Gasteiger charge is 2.52. The Morgan fingerprint density at radius 2 is 1.70 bits per heavy atom. The highest BCUT2D eigenvalue weighted by molar-refractivity contribution is 7.93. The van der Waals surface area contributed by atoms with Crippen molar-refractivity contribution in [3.05, 3.63) is 65.7 Å². The van der Waals surface area contributed by atoms with Crippen LogP contribution in [0.3, 0.4) is 0 Å². The number of nitrogens with two attached hydrogens (primary N) is 1. The molecule has 0 spiro atoms. The van der Waals surface area contributed by atoms with Gasteiger partial charge in [-0.15, -0.1) is 0 Å². The van der Waals surface area contributed by atoms with E-state index in [0.717, 1.165) is 11.1 Å². The maximum absolute atomic E-state index is 13.3. The Balaban J connectivity index is 1.86. The second kappa shape index (κ2) is 8.21. The van der Waals surface area contributed by atoms with Gasteiger partial charge in [-0.3, -0.25) is 4.79 Å². The van der Waals surface area contributed by atoms with E-state index < -0.39 is 20.5 Å². The van der Waals surface area contributed by atoms with Crippen LogP contribution in [0.2, 0.25) is 0 Å². The summed E-state index contributed by atoms with van der Waals surface area (Å²) in [6.45, 7) is 1.13. The van der Waals surface area contributed by atoms with Crippen molar-refractivity contribution in [3.8, 4) is 0 Å². The normalized spacial score (nSPS) is 16.6. The molecule has 1 aliphatic rings. The van der Waals surface area contributed by atoms with Crippen LogP contribution in [0.4, 0.5) is 0 Å². The lowest BCUT2D eigenvalue weighted by Gasteiger charge is -2.35. The fourth-order valence-electron chi connectivity index (χ4n) is 3.35. The zero-order valence-corrected chi connectivity index (χ0v) is 15.9. The molecule has 1 amide bonds. The Morgan fingerprint density at radius 3 is 2.37 bits per heavy atom. The summed E-state index contributed by atoms with van der Waals surface area (Å²) in [5.41, 5.74) is 7.49. The molecule has 0 aliphatic carbocycles. The second-order valence-corrected chi connectivity index (χ2v) is 8.89. The van der Waals surface area contributed by atoms with Crippen molar-refractivity contribution in [1.29, 1.82) is 0 Å². The predicted molar refractivity (Wildman–Crippen MR) is 103 cm³/mol. The van der Waals surface area contributed by atoms with Crippen LogP contribution in [0.5, 0.6) is 0 Å². The minimum Gasteiger partial charge on any atom is -0.381 e. The van der Waals surface area contributed by atoms with Crippen molar-refractivity contribution in [2.24, 2.45) is 5.73 Å². The lowest BCUT2D eigenvalue weighted by Crippen LogP contribution is -2.55. The van der Waals surface area contributed by atoms with Crippen molar-refractivity contribution < 1.29 is 17.9 Å². The van der Waals surface area contributed by atoms with Gasteiger partial charge in [-0.05, 0) is 36.1 Å². The molecule has 1 aliphatic heterocycles. The number of nitrogens with one attached hydrogen (secondary N) is 1. The smallest absolute Gasteiger partial charge is 0.242 e. The molecule has 1 fully saturated rings. The van der Waals surface area contributed by atoms with E-state index in [1.165, 1.54) is 12.1 Å². The lowest BCUT2D eigenvalue weighted by molar-refractivity contribution is -0.126. The maximum Gasteiger partial charge on any atom is 0.242 e. The molecule has 7 heteroatoms. The third kappa shape index (κ3) is 3.90.